The van der Waals surface area contributed by atoms with Crippen molar-refractivity contribution < 1.29 is 13.2 Å². The third-order valence-electron chi connectivity index (χ3n) is 3.59. The van der Waals surface area contributed by atoms with Crippen LogP contribution in [0.3, 0.4) is 0 Å². The number of hydrazine groups is 1. The standard InChI is InChI=1S/C14H18F3N3/c15-14(16,17)10-6-7-12(18)11(8-10)13(20-19)9-4-2-1-3-5-9/h4,6-8,13,20H,1-3,5,18-19H2. The number of anilines is 1. The Morgan fingerprint density at radius 3 is 2.50 bits per heavy atom. The van der Waals surface area contributed by atoms with E-state index in [0.717, 1.165) is 43.4 Å². The molecule has 6 heteroatoms. The predicted molar refractivity (Wildman–Crippen MR) is 72.5 cm³/mol. The molecule has 0 saturated carbocycles. The van der Waals surface area contributed by atoms with Crippen LogP contribution >= 0.6 is 0 Å². The summed E-state index contributed by atoms with van der Waals surface area (Å²) in [7, 11) is 0. The molecule has 0 bridgehead atoms. The van der Waals surface area contributed by atoms with Gasteiger partial charge in [-0.3, -0.25) is 5.84 Å². The molecule has 0 radical (unpaired) electrons. The summed E-state index contributed by atoms with van der Waals surface area (Å²) in [5.74, 6) is 5.54. The number of nitrogens with one attached hydrogen (secondary N) is 1. The average Bonchev–Trinajstić information content (AvgIpc) is 2.41. The van der Waals surface area contributed by atoms with Crippen molar-refractivity contribution in [2.45, 2.75) is 37.9 Å². The summed E-state index contributed by atoms with van der Waals surface area (Å²) in [6, 6.07) is 2.89. The first-order valence-electron chi connectivity index (χ1n) is 6.55. The van der Waals surface area contributed by atoms with Crippen LogP contribution < -0.4 is 17.0 Å². The SMILES string of the molecule is NNC(C1=CCCCC1)c1cc(C(F)(F)F)ccc1N. The maximum atomic E-state index is 12.8. The largest absolute Gasteiger partial charge is 0.416 e. The fourth-order valence-electron chi connectivity index (χ4n) is 2.52. The Kier molecular flexibility index (Phi) is 4.35. The first-order chi connectivity index (χ1) is 9.43. The maximum absolute atomic E-state index is 12.8. The van der Waals surface area contributed by atoms with Gasteiger partial charge in [0.15, 0.2) is 0 Å². The number of nitrogens with two attached hydrogens (primary N) is 2. The Morgan fingerprint density at radius 1 is 1.20 bits per heavy atom. The normalized spacial score (nSPS) is 17.7. The molecule has 1 aromatic rings. The molecule has 20 heavy (non-hydrogen) atoms. The van der Waals surface area contributed by atoms with Crippen molar-refractivity contribution in [1.29, 1.82) is 0 Å². The summed E-state index contributed by atoms with van der Waals surface area (Å²) in [6.07, 6.45) is 1.51. The van der Waals surface area contributed by atoms with Crippen molar-refractivity contribution in [1.82, 2.24) is 5.43 Å². The van der Waals surface area contributed by atoms with Gasteiger partial charge in [-0.15, -0.1) is 0 Å². The van der Waals surface area contributed by atoms with E-state index in [9.17, 15) is 13.2 Å². The minimum absolute atomic E-state index is 0.312. The fourth-order valence-corrected chi connectivity index (χ4v) is 2.52. The van der Waals surface area contributed by atoms with Gasteiger partial charge in [-0.1, -0.05) is 11.6 Å². The van der Waals surface area contributed by atoms with E-state index in [1.54, 1.807) is 0 Å². The minimum atomic E-state index is -4.39. The highest BCUT2D eigenvalue weighted by Gasteiger charge is 2.32. The van der Waals surface area contributed by atoms with Gasteiger partial charge in [0.2, 0.25) is 0 Å². The monoisotopic (exact) mass is 285 g/mol. The molecule has 2 rings (SSSR count). The van der Waals surface area contributed by atoms with Crippen molar-refractivity contribution in [3.8, 4) is 0 Å². The predicted octanol–water partition coefficient (Wildman–Crippen LogP) is 3.29. The van der Waals surface area contributed by atoms with Crippen LogP contribution in [0.1, 0.15) is 42.9 Å². The summed E-state index contributed by atoms with van der Waals surface area (Å²) in [6.45, 7) is 0. The molecule has 0 fully saturated rings. The Bertz CT molecular complexity index is 509. The Hall–Kier alpha value is -1.53. The molecule has 1 aliphatic carbocycles. The molecule has 5 N–H and O–H groups in total. The van der Waals surface area contributed by atoms with Crippen LogP contribution in [-0.4, -0.2) is 0 Å². The van der Waals surface area contributed by atoms with E-state index >= 15 is 0 Å². The molecule has 1 aromatic carbocycles. The zero-order valence-corrected chi connectivity index (χ0v) is 11.0. The lowest BCUT2D eigenvalue weighted by Gasteiger charge is -2.25. The van der Waals surface area contributed by atoms with Crippen LogP contribution in [0.25, 0.3) is 0 Å². The smallest absolute Gasteiger partial charge is 0.398 e. The highest BCUT2D eigenvalue weighted by molar-refractivity contribution is 5.53. The van der Waals surface area contributed by atoms with E-state index in [4.69, 9.17) is 11.6 Å². The molecule has 1 atom stereocenters. The lowest BCUT2D eigenvalue weighted by Crippen LogP contribution is -2.31. The summed E-state index contributed by atoms with van der Waals surface area (Å²) in [5, 5.41) is 0. The van der Waals surface area contributed by atoms with Crippen LogP contribution in [0.2, 0.25) is 0 Å². The van der Waals surface area contributed by atoms with Gasteiger partial charge in [-0.25, -0.2) is 5.43 Å². The maximum Gasteiger partial charge on any atom is 0.416 e. The summed E-state index contributed by atoms with van der Waals surface area (Å²) >= 11 is 0. The number of allylic oxidation sites excluding steroid dienone is 1. The van der Waals surface area contributed by atoms with Gasteiger partial charge < -0.3 is 5.73 Å². The van der Waals surface area contributed by atoms with Crippen LogP contribution in [0, 0.1) is 0 Å². The molecular weight excluding hydrogens is 267 g/mol. The number of hydrogen-bond donors (Lipinski definition) is 3. The third kappa shape index (κ3) is 3.13. The highest BCUT2D eigenvalue weighted by atomic mass is 19.4. The number of hydrogen-bond acceptors (Lipinski definition) is 3. The summed E-state index contributed by atoms with van der Waals surface area (Å²) in [5.41, 5.74) is 9.41. The molecule has 0 aliphatic heterocycles. The molecule has 0 amide bonds. The molecule has 1 unspecified atom stereocenters. The van der Waals surface area contributed by atoms with E-state index in [2.05, 4.69) is 5.43 Å². The second-order valence-electron chi connectivity index (χ2n) is 4.97. The molecule has 0 spiro atoms. The van der Waals surface area contributed by atoms with Gasteiger partial charge >= 0.3 is 6.18 Å². The van der Waals surface area contributed by atoms with Crippen molar-refractivity contribution in [2.24, 2.45) is 5.84 Å². The van der Waals surface area contributed by atoms with E-state index in [1.165, 1.54) is 6.07 Å². The minimum Gasteiger partial charge on any atom is -0.398 e. The molecule has 0 saturated heterocycles. The quantitative estimate of drug-likeness (QED) is 0.345. The lowest BCUT2D eigenvalue weighted by molar-refractivity contribution is -0.137. The zero-order chi connectivity index (χ0) is 14.8. The number of benzene rings is 1. The summed E-state index contributed by atoms with van der Waals surface area (Å²) in [4.78, 5) is 0. The molecule has 3 nitrogen and oxygen atoms in total. The molecule has 0 aromatic heterocycles. The van der Waals surface area contributed by atoms with E-state index in [0.29, 0.717) is 11.3 Å². The van der Waals surface area contributed by atoms with Gasteiger partial charge in [0.25, 0.3) is 0 Å². The molecule has 0 heterocycles. The lowest BCUT2D eigenvalue weighted by atomic mass is 9.89. The zero-order valence-electron chi connectivity index (χ0n) is 11.0. The van der Waals surface area contributed by atoms with Crippen molar-refractivity contribution in [3.63, 3.8) is 0 Å². The van der Waals surface area contributed by atoms with E-state index in [1.807, 2.05) is 6.08 Å². The van der Waals surface area contributed by atoms with Crippen LogP contribution in [-0.2, 0) is 6.18 Å². The number of nitrogen functional groups attached to an aromatic ring is 1. The number of rotatable bonds is 3. The van der Waals surface area contributed by atoms with Crippen LogP contribution in [0.15, 0.2) is 29.8 Å². The van der Waals surface area contributed by atoms with Gasteiger partial charge in [-0.2, -0.15) is 13.2 Å². The van der Waals surface area contributed by atoms with Gasteiger partial charge in [0.05, 0.1) is 11.6 Å². The van der Waals surface area contributed by atoms with E-state index in [-0.39, 0.29) is 0 Å². The molecule has 1 aliphatic rings. The Morgan fingerprint density at radius 2 is 1.95 bits per heavy atom. The second-order valence-corrected chi connectivity index (χ2v) is 4.97. The average molecular weight is 285 g/mol. The Labute approximate surface area is 115 Å². The third-order valence-corrected chi connectivity index (χ3v) is 3.59. The molecular formula is C14H18F3N3. The Balaban J connectivity index is 2.40. The first-order valence-corrected chi connectivity index (χ1v) is 6.55. The van der Waals surface area contributed by atoms with E-state index < -0.39 is 17.8 Å². The number of alkyl halides is 3. The van der Waals surface area contributed by atoms with Gasteiger partial charge in [0, 0.05) is 5.69 Å². The highest BCUT2D eigenvalue weighted by Crippen LogP contribution is 2.36. The topological polar surface area (TPSA) is 64.1 Å². The van der Waals surface area contributed by atoms with Crippen LogP contribution in [0.5, 0.6) is 0 Å². The molecule has 110 valence electrons. The second kappa shape index (κ2) is 5.85. The first kappa shape index (κ1) is 14.9. The number of halogens is 3. The van der Waals surface area contributed by atoms with Gasteiger partial charge in [0.1, 0.15) is 0 Å². The van der Waals surface area contributed by atoms with Crippen LogP contribution in [0.4, 0.5) is 18.9 Å². The van der Waals surface area contributed by atoms with Gasteiger partial charge in [-0.05, 0) is 49.4 Å². The van der Waals surface area contributed by atoms with Crippen molar-refractivity contribution in [2.75, 3.05) is 5.73 Å². The van der Waals surface area contributed by atoms with Crippen molar-refractivity contribution in [3.05, 3.63) is 41.0 Å². The summed E-state index contributed by atoms with van der Waals surface area (Å²) < 4.78 is 38.4. The fraction of sp³-hybridized carbons (Fsp3) is 0.429. The van der Waals surface area contributed by atoms with Crippen molar-refractivity contribution >= 4 is 5.69 Å².